The highest BCUT2D eigenvalue weighted by Gasteiger charge is 2.47. The van der Waals surface area contributed by atoms with Gasteiger partial charge in [0.25, 0.3) is 0 Å². The minimum Gasteiger partial charge on any atom is -0.467 e. The number of benzene rings is 1. The maximum Gasteiger partial charge on any atom is 0.331 e. The van der Waals surface area contributed by atoms with E-state index in [9.17, 15) is 4.79 Å². The molecule has 2 aliphatic rings. The topological polar surface area (TPSA) is 41.6 Å². The van der Waals surface area contributed by atoms with Crippen LogP contribution in [0, 0.1) is 6.92 Å². The summed E-state index contributed by atoms with van der Waals surface area (Å²) in [4.78, 5) is 15.0. The summed E-state index contributed by atoms with van der Waals surface area (Å²) in [5, 5.41) is 3.50. The van der Waals surface area contributed by atoms with Crippen LogP contribution in [0.5, 0.6) is 0 Å². The Morgan fingerprint density at radius 2 is 2.29 bits per heavy atom. The van der Waals surface area contributed by atoms with Crippen LogP contribution in [0.15, 0.2) is 24.3 Å². The quantitative estimate of drug-likeness (QED) is 0.868. The summed E-state index contributed by atoms with van der Waals surface area (Å²) in [5.41, 5.74) is 1.62. The van der Waals surface area contributed by atoms with E-state index < -0.39 is 5.54 Å². The molecule has 1 N–H and O–H groups in total. The number of methoxy groups -OCH3 is 1. The molecule has 2 unspecified atom stereocenters. The summed E-state index contributed by atoms with van der Waals surface area (Å²) in [6, 6.07) is 8.71. The molecule has 0 spiro atoms. The minimum atomic E-state index is -0.575. The van der Waals surface area contributed by atoms with E-state index in [1.807, 2.05) is 12.1 Å². The van der Waals surface area contributed by atoms with Gasteiger partial charge in [0.2, 0.25) is 0 Å². The molecule has 0 aliphatic carbocycles. The Balaban J connectivity index is 1.85. The molecule has 2 saturated heterocycles. The maximum absolute atomic E-state index is 12.5. The number of carbonyl (C=O) groups is 1. The van der Waals surface area contributed by atoms with Gasteiger partial charge in [-0.3, -0.25) is 0 Å². The Bertz CT molecular complexity index is 531. The van der Waals surface area contributed by atoms with Gasteiger partial charge in [-0.05, 0) is 56.8 Å². The molecule has 2 aliphatic heterocycles. The molecule has 2 fully saturated rings. The lowest BCUT2D eigenvalue weighted by Crippen LogP contribution is -2.57. The highest BCUT2D eigenvalue weighted by atomic mass is 16.5. The Hall–Kier alpha value is -1.55. The zero-order chi connectivity index (χ0) is 14.9. The summed E-state index contributed by atoms with van der Waals surface area (Å²) >= 11 is 0. The molecule has 114 valence electrons. The molecular weight excluding hydrogens is 264 g/mol. The molecule has 0 radical (unpaired) electrons. The Labute approximate surface area is 126 Å². The summed E-state index contributed by atoms with van der Waals surface area (Å²) in [7, 11) is 1.49. The number of hydrogen-bond donors (Lipinski definition) is 1. The Morgan fingerprint density at radius 1 is 1.43 bits per heavy atom. The van der Waals surface area contributed by atoms with Crippen molar-refractivity contribution in [2.75, 3.05) is 25.5 Å². The van der Waals surface area contributed by atoms with Gasteiger partial charge in [0.15, 0.2) is 0 Å². The molecule has 0 bridgehead atoms. The van der Waals surface area contributed by atoms with Gasteiger partial charge in [-0.15, -0.1) is 0 Å². The van der Waals surface area contributed by atoms with Crippen LogP contribution in [0.1, 0.15) is 31.2 Å². The molecule has 1 aromatic rings. The van der Waals surface area contributed by atoms with Gasteiger partial charge in [-0.1, -0.05) is 12.1 Å². The average molecular weight is 288 g/mol. The van der Waals surface area contributed by atoms with Gasteiger partial charge in [0.1, 0.15) is 5.54 Å². The molecular formula is C17H24N2O2. The van der Waals surface area contributed by atoms with Crippen LogP contribution in [-0.2, 0) is 9.53 Å². The normalized spacial score (nSPS) is 29.0. The molecule has 2 heterocycles. The third-order valence-corrected chi connectivity index (χ3v) is 4.89. The third kappa shape index (κ3) is 2.77. The fourth-order valence-corrected chi connectivity index (χ4v) is 3.80. The molecule has 4 heteroatoms. The monoisotopic (exact) mass is 288 g/mol. The van der Waals surface area contributed by atoms with Crippen molar-refractivity contribution in [3.8, 4) is 0 Å². The molecule has 0 aromatic heterocycles. The third-order valence-electron chi connectivity index (χ3n) is 4.89. The van der Waals surface area contributed by atoms with Crippen LogP contribution in [0.4, 0.5) is 5.69 Å². The number of ether oxygens (including phenoxy) is 1. The smallest absolute Gasteiger partial charge is 0.331 e. The van der Waals surface area contributed by atoms with Crippen molar-refractivity contribution in [2.45, 2.75) is 44.2 Å². The van der Waals surface area contributed by atoms with E-state index in [0.717, 1.165) is 25.1 Å². The maximum atomic E-state index is 12.5. The van der Waals surface area contributed by atoms with Crippen LogP contribution in [-0.4, -0.2) is 42.6 Å². The number of anilines is 1. The zero-order valence-electron chi connectivity index (χ0n) is 12.9. The van der Waals surface area contributed by atoms with Gasteiger partial charge in [-0.25, -0.2) is 4.79 Å². The van der Waals surface area contributed by atoms with Gasteiger partial charge >= 0.3 is 5.97 Å². The van der Waals surface area contributed by atoms with Crippen molar-refractivity contribution < 1.29 is 9.53 Å². The predicted molar refractivity (Wildman–Crippen MR) is 83.4 cm³/mol. The number of carbonyl (C=O) groups excluding carboxylic acids is 1. The van der Waals surface area contributed by atoms with Gasteiger partial charge in [0, 0.05) is 18.3 Å². The first-order chi connectivity index (χ1) is 10.1. The van der Waals surface area contributed by atoms with Crippen LogP contribution < -0.4 is 5.32 Å². The fraction of sp³-hybridized carbons (Fsp3) is 0.588. The number of fused-ring (bicyclic) bond motifs is 1. The van der Waals surface area contributed by atoms with E-state index in [2.05, 4.69) is 29.3 Å². The molecule has 4 nitrogen and oxygen atoms in total. The first kappa shape index (κ1) is 14.4. The van der Waals surface area contributed by atoms with E-state index in [4.69, 9.17) is 4.74 Å². The molecule has 0 amide bonds. The van der Waals surface area contributed by atoms with E-state index in [-0.39, 0.29) is 5.97 Å². The fourth-order valence-electron chi connectivity index (χ4n) is 3.80. The largest absolute Gasteiger partial charge is 0.467 e. The summed E-state index contributed by atoms with van der Waals surface area (Å²) in [6.07, 6.45) is 4.08. The number of rotatable bonds is 3. The number of nitrogens with one attached hydrogen (secondary N) is 1. The van der Waals surface area contributed by atoms with Crippen molar-refractivity contribution in [3.63, 3.8) is 0 Å². The first-order valence-electron chi connectivity index (χ1n) is 7.80. The Morgan fingerprint density at radius 3 is 3.05 bits per heavy atom. The predicted octanol–water partition coefficient (Wildman–Crippen LogP) is 2.58. The number of nitrogens with zero attached hydrogens (tertiary/aromatic N) is 1. The second-order valence-corrected chi connectivity index (χ2v) is 6.35. The molecule has 0 saturated carbocycles. The van der Waals surface area contributed by atoms with Crippen LogP contribution in [0.3, 0.4) is 0 Å². The summed E-state index contributed by atoms with van der Waals surface area (Å²) in [6.45, 7) is 4.21. The standard InChI is InChI=1S/C17H24N2O2/c1-13-5-3-6-14(11-13)18-17(16(20)21-2)8-10-19-9-4-7-15(19)12-17/h3,5-6,11,15,18H,4,7-10,12H2,1-2H3. The number of piperidine rings is 1. The first-order valence-corrected chi connectivity index (χ1v) is 7.80. The van der Waals surface area contributed by atoms with Gasteiger partial charge in [0.05, 0.1) is 7.11 Å². The second kappa shape index (κ2) is 5.68. The summed E-state index contributed by atoms with van der Waals surface area (Å²) < 4.78 is 5.12. The van der Waals surface area contributed by atoms with Crippen molar-refractivity contribution in [1.29, 1.82) is 0 Å². The molecule has 2 atom stereocenters. The minimum absolute atomic E-state index is 0.129. The number of hydrogen-bond acceptors (Lipinski definition) is 4. The number of esters is 1. The van der Waals surface area contributed by atoms with E-state index >= 15 is 0 Å². The van der Waals surface area contributed by atoms with Crippen molar-refractivity contribution in [1.82, 2.24) is 4.90 Å². The van der Waals surface area contributed by atoms with Crippen molar-refractivity contribution in [3.05, 3.63) is 29.8 Å². The molecule has 3 rings (SSSR count). The lowest BCUT2D eigenvalue weighted by molar-refractivity contribution is -0.148. The SMILES string of the molecule is COC(=O)C1(Nc2cccc(C)c2)CCN2CCCC2C1. The zero-order valence-corrected chi connectivity index (χ0v) is 12.9. The highest BCUT2D eigenvalue weighted by Crippen LogP contribution is 2.36. The van der Waals surface area contributed by atoms with Crippen molar-refractivity contribution in [2.24, 2.45) is 0 Å². The lowest BCUT2D eigenvalue weighted by atomic mass is 9.83. The van der Waals surface area contributed by atoms with Crippen molar-refractivity contribution >= 4 is 11.7 Å². The average Bonchev–Trinajstić information content (AvgIpc) is 2.93. The summed E-state index contributed by atoms with van der Waals surface area (Å²) in [5.74, 6) is -0.129. The van der Waals surface area contributed by atoms with E-state index in [1.54, 1.807) is 0 Å². The van der Waals surface area contributed by atoms with Gasteiger partial charge in [-0.2, -0.15) is 0 Å². The highest BCUT2D eigenvalue weighted by molar-refractivity contribution is 5.85. The number of aryl methyl sites for hydroxylation is 1. The Kier molecular flexibility index (Phi) is 3.89. The molecule has 1 aromatic carbocycles. The van der Waals surface area contributed by atoms with Crippen LogP contribution >= 0.6 is 0 Å². The van der Waals surface area contributed by atoms with Crippen LogP contribution in [0.2, 0.25) is 0 Å². The van der Waals surface area contributed by atoms with E-state index in [0.29, 0.717) is 6.04 Å². The van der Waals surface area contributed by atoms with Crippen LogP contribution in [0.25, 0.3) is 0 Å². The van der Waals surface area contributed by atoms with E-state index in [1.165, 1.54) is 32.1 Å². The lowest BCUT2D eigenvalue weighted by Gasteiger charge is -2.43. The van der Waals surface area contributed by atoms with Gasteiger partial charge < -0.3 is 15.0 Å². The molecule has 21 heavy (non-hydrogen) atoms. The second-order valence-electron chi connectivity index (χ2n) is 6.35.